The van der Waals surface area contributed by atoms with E-state index in [1.54, 1.807) is 0 Å². The first-order chi connectivity index (χ1) is 4.33. The Morgan fingerprint density at radius 1 is 1.90 bits per heavy atom. The molecular formula is C5H11ClN2O2. The van der Waals surface area contributed by atoms with E-state index in [-0.39, 0.29) is 24.5 Å². The van der Waals surface area contributed by atoms with Crippen molar-refractivity contribution in [3.05, 3.63) is 0 Å². The standard InChI is InChI=1S/C5H10N2O2.ClH/c1-6-2-4-3-9-5(8)7-4;/h4,6H,2-3H2,1H3,(H,7,8);1H/t4-;/m0./s1. The number of amides is 1. The number of hydrogen-bond acceptors (Lipinski definition) is 3. The molecule has 0 aromatic rings. The van der Waals surface area contributed by atoms with Crippen LogP contribution in [-0.4, -0.2) is 32.3 Å². The van der Waals surface area contributed by atoms with Gasteiger partial charge in [0.1, 0.15) is 6.61 Å². The minimum absolute atomic E-state index is 0. The molecule has 1 aliphatic heterocycles. The Bertz CT molecular complexity index is 120. The zero-order valence-corrected chi connectivity index (χ0v) is 6.53. The molecule has 1 aliphatic rings. The average molecular weight is 167 g/mol. The van der Waals surface area contributed by atoms with E-state index in [0.29, 0.717) is 6.61 Å². The van der Waals surface area contributed by atoms with Gasteiger partial charge in [-0.2, -0.15) is 0 Å². The van der Waals surface area contributed by atoms with E-state index in [4.69, 9.17) is 0 Å². The number of rotatable bonds is 2. The van der Waals surface area contributed by atoms with Gasteiger partial charge in [-0.3, -0.25) is 0 Å². The number of nitrogens with one attached hydrogen (secondary N) is 2. The molecule has 0 aromatic carbocycles. The summed E-state index contributed by atoms with van der Waals surface area (Å²) < 4.78 is 4.63. The summed E-state index contributed by atoms with van der Waals surface area (Å²) in [6, 6.07) is 0.155. The van der Waals surface area contributed by atoms with Crippen molar-refractivity contribution in [1.29, 1.82) is 0 Å². The van der Waals surface area contributed by atoms with E-state index in [1.165, 1.54) is 0 Å². The zero-order chi connectivity index (χ0) is 6.69. The van der Waals surface area contributed by atoms with Gasteiger partial charge in [0.2, 0.25) is 0 Å². The third-order valence-electron chi connectivity index (χ3n) is 1.19. The van der Waals surface area contributed by atoms with Crippen molar-refractivity contribution < 1.29 is 9.53 Å². The van der Waals surface area contributed by atoms with Crippen molar-refractivity contribution in [3.63, 3.8) is 0 Å². The Balaban J connectivity index is 0.000000810. The van der Waals surface area contributed by atoms with Gasteiger partial charge >= 0.3 is 6.09 Å². The van der Waals surface area contributed by atoms with Gasteiger partial charge in [-0.25, -0.2) is 4.79 Å². The first-order valence-corrected chi connectivity index (χ1v) is 2.91. The number of hydrogen-bond donors (Lipinski definition) is 2. The number of alkyl carbamates (subject to hydrolysis) is 1. The fourth-order valence-electron chi connectivity index (χ4n) is 0.783. The van der Waals surface area contributed by atoms with Gasteiger partial charge in [0.05, 0.1) is 6.04 Å². The fourth-order valence-corrected chi connectivity index (χ4v) is 0.783. The van der Waals surface area contributed by atoms with Crippen molar-refractivity contribution >= 4 is 18.5 Å². The lowest BCUT2D eigenvalue weighted by atomic mass is 10.3. The summed E-state index contributed by atoms with van der Waals surface area (Å²) in [5, 5.41) is 5.57. The van der Waals surface area contributed by atoms with Crippen LogP contribution in [0.3, 0.4) is 0 Å². The van der Waals surface area contributed by atoms with Crippen LogP contribution in [0.15, 0.2) is 0 Å². The SMILES string of the molecule is CNC[C@H]1COC(=O)N1.Cl. The Morgan fingerprint density at radius 3 is 3.00 bits per heavy atom. The lowest BCUT2D eigenvalue weighted by Gasteiger charge is -2.03. The second-order valence-electron chi connectivity index (χ2n) is 2.00. The molecule has 0 aromatic heterocycles. The van der Waals surface area contributed by atoms with Gasteiger partial charge in [-0.05, 0) is 7.05 Å². The molecule has 0 saturated carbocycles. The zero-order valence-electron chi connectivity index (χ0n) is 5.72. The molecule has 1 rings (SSSR count). The van der Waals surface area contributed by atoms with E-state index < -0.39 is 0 Å². The molecule has 1 amide bonds. The highest BCUT2D eigenvalue weighted by Crippen LogP contribution is 1.94. The lowest BCUT2D eigenvalue weighted by molar-refractivity contribution is 0.177. The predicted octanol–water partition coefficient (Wildman–Crippen LogP) is -0.264. The molecule has 0 aliphatic carbocycles. The first kappa shape index (κ1) is 9.52. The number of carbonyl (C=O) groups excluding carboxylic acids is 1. The highest BCUT2D eigenvalue weighted by Gasteiger charge is 2.20. The van der Waals surface area contributed by atoms with Crippen LogP contribution >= 0.6 is 12.4 Å². The number of ether oxygens (including phenoxy) is 1. The summed E-state index contributed by atoms with van der Waals surface area (Å²) in [6.07, 6.45) is -0.310. The van der Waals surface area contributed by atoms with Crippen molar-refractivity contribution in [2.45, 2.75) is 6.04 Å². The summed E-state index contributed by atoms with van der Waals surface area (Å²) in [6.45, 7) is 1.26. The number of halogens is 1. The van der Waals surface area contributed by atoms with Crippen molar-refractivity contribution in [2.75, 3.05) is 20.2 Å². The Hall–Kier alpha value is -0.480. The molecule has 60 valence electrons. The maximum atomic E-state index is 10.4. The minimum Gasteiger partial charge on any atom is -0.447 e. The molecule has 1 atom stereocenters. The molecule has 5 heteroatoms. The van der Waals surface area contributed by atoms with Gasteiger partial charge in [0.15, 0.2) is 0 Å². The summed E-state index contributed by atoms with van der Waals surface area (Å²) in [5.74, 6) is 0. The van der Waals surface area contributed by atoms with Crippen LogP contribution in [0.5, 0.6) is 0 Å². The Kier molecular flexibility index (Phi) is 4.14. The lowest BCUT2D eigenvalue weighted by Crippen LogP contribution is -2.35. The summed E-state index contributed by atoms with van der Waals surface area (Å²) >= 11 is 0. The van der Waals surface area contributed by atoms with Crippen LogP contribution in [-0.2, 0) is 4.74 Å². The topological polar surface area (TPSA) is 50.4 Å². The summed E-state index contributed by atoms with van der Waals surface area (Å²) in [4.78, 5) is 10.4. The maximum Gasteiger partial charge on any atom is 0.407 e. The van der Waals surface area contributed by atoms with Crippen LogP contribution in [0.2, 0.25) is 0 Å². The van der Waals surface area contributed by atoms with Crippen LogP contribution < -0.4 is 10.6 Å². The van der Waals surface area contributed by atoms with Crippen molar-refractivity contribution in [1.82, 2.24) is 10.6 Å². The van der Waals surface area contributed by atoms with E-state index in [2.05, 4.69) is 15.4 Å². The van der Waals surface area contributed by atoms with Crippen molar-refractivity contribution in [3.8, 4) is 0 Å². The summed E-state index contributed by atoms with van der Waals surface area (Å²) in [7, 11) is 1.84. The third kappa shape index (κ3) is 2.41. The predicted molar refractivity (Wildman–Crippen MR) is 39.4 cm³/mol. The second kappa shape index (κ2) is 4.35. The second-order valence-corrected chi connectivity index (χ2v) is 2.00. The monoisotopic (exact) mass is 166 g/mol. The molecule has 0 unspecified atom stereocenters. The normalized spacial score (nSPS) is 22.9. The van der Waals surface area contributed by atoms with Crippen LogP contribution in [0, 0.1) is 0 Å². The van der Waals surface area contributed by atoms with Crippen LogP contribution in [0.25, 0.3) is 0 Å². The molecule has 1 fully saturated rings. The van der Waals surface area contributed by atoms with Gasteiger partial charge in [-0.15, -0.1) is 12.4 Å². The third-order valence-corrected chi connectivity index (χ3v) is 1.19. The van der Waals surface area contributed by atoms with E-state index in [0.717, 1.165) is 6.54 Å². The highest BCUT2D eigenvalue weighted by molar-refractivity contribution is 5.85. The molecular weight excluding hydrogens is 156 g/mol. The average Bonchev–Trinajstić information content (AvgIpc) is 2.17. The van der Waals surface area contributed by atoms with E-state index in [9.17, 15) is 4.79 Å². The Morgan fingerprint density at radius 2 is 2.60 bits per heavy atom. The maximum absolute atomic E-state index is 10.4. The Labute approximate surface area is 65.7 Å². The quantitative estimate of drug-likeness (QED) is 0.594. The molecule has 1 saturated heterocycles. The van der Waals surface area contributed by atoms with E-state index in [1.807, 2.05) is 7.05 Å². The molecule has 0 bridgehead atoms. The minimum atomic E-state index is -0.310. The first-order valence-electron chi connectivity index (χ1n) is 2.91. The van der Waals surface area contributed by atoms with Gasteiger partial charge in [0, 0.05) is 6.54 Å². The van der Waals surface area contributed by atoms with Gasteiger partial charge in [0.25, 0.3) is 0 Å². The van der Waals surface area contributed by atoms with Crippen LogP contribution in [0.1, 0.15) is 0 Å². The molecule has 0 spiro atoms. The highest BCUT2D eigenvalue weighted by atomic mass is 35.5. The molecule has 1 heterocycles. The molecule has 0 radical (unpaired) electrons. The smallest absolute Gasteiger partial charge is 0.407 e. The molecule has 10 heavy (non-hydrogen) atoms. The van der Waals surface area contributed by atoms with Gasteiger partial charge in [-0.1, -0.05) is 0 Å². The molecule has 2 N–H and O–H groups in total. The van der Waals surface area contributed by atoms with Crippen molar-refractivity contribution in [2.24, 2.45) is 0 Å². The fraction of sp³-hybridized carbons (Fsp3) is 0.800. The number of likely N-dealkylation sites (N-methyl/N-ethyl adjacent to an activating group) is 1. The number of cyclic esters (lactones) is 1. The van der Waals surface area contributed by atoms with Crippen LogP contribution in [0.4, 0.5) is 4.79 Å². The molecule has 4 nitrogen and oxygen atoms in total. The summed E-state index contributed by atoms with van der Waals surface area (Å²) in [5.41, 5.74) is 0. The van der Waals surface area contributed by atoms with E-state index >= 15 is 0 Å². The largest absolute Gasteiger partial charge is 0.447 e. The van der Waals surface area contributed by atoms with Gasteiger partial charge < -0.3 is 15.4 Å². The number of carbonyl (C=O) groups is 1.